The zero-order chi connectivity index (χ0) is 11.3. The summed E-state index contributed by atoms with van der Waals surface area (Å²) >= 11 is 0. The van der Waals surface area contributed by atoms with Gasteiger partial charge in [-0.15, -0.1) is 0 Å². The fraction of sp³-hybridized carbons (Fsp3) is 0.917. The molecule has 2 atom stereocenters. The second kappa shape index (κ2) is 6.23. The Kier molecular flexibility index (Phi) is 5.26. The molecule has 1 fully saturated rings. The molecule has 0 radical (unpaired) electrons. The zero-order valence-corrected chi connectivity index (χ0v) is 10.3. The number of hydrogen-bond acceptors (Lipinski definition) is 3. The van der Waals surface area contributed by atoms with Gasteiger partial charge < -0.3 is 5.32 Å². The summed E-state index contributed by atoms with van der Waals surface area (Å²) in [5.74, 6) is 1.09. The van der Waals surface area contributed by atoms with Gasteiger partial charge >= 0.3 is 0 Å². The van der Waals surface area contributed by atoms with E-state index in [1.54, 1.807) is 0 Å². The van der Waals surface area contributed by atoms with E-state index in [0.29, 0.717) is 12.2 Å². The Morgan fingerprint density at radius 2 is 2.33 bits per heavy atom. The fourth-order valence-corrected chi connectivity index (χ4v) is 2.40. The number of carbonyl (C=O) groups excluding carboxylic acids is 1. The van der Waals surface area contributed by atoms with E-state index >= 15 is 0 Å². The first-order valence-electron chi connectivity index (χ1n) is 6.10. The van der Waals surface area contributed by atoms with Crippen LogP contribution in [0.1, 0.15) is 33.1 Å². The molecule has 0 saturated carbocycles. The van der Waals surface area contributed by atoms with E-state index < -0.39 is 0 Å². The van der Waals surface area contributed by atoms with E-state index in [4.69, 9.17) is 0 Å². The van der Waals surface area contributed by atoms with E-state index in [2.05, 4.69) is 10.2 Å². The van der Waals surface area contributed by atoms with Crippen molar-refractivity contribution in [2.75, 3.05) is 26.7 Å². The number of nitrogens with one attached hydrogen (secondary N) is 1. The summed E-state index contributed by atoms with van der Waals surface area (Å²) in [6.45, 7) is 7.24. The molecule has 1 rings (SSSR count). The van der Waals surface area contributed by atoms with Gasteiger partial charge in [-0.2, -0.15) is 0 Å². The third-order valence-electron chi connectivity index (χ3n) is 3.41. The van der Waals surface area contributed by atoms with Crippen LogP contribution in [0.15, 0.2) is 0 Å². The van der Waals surface area contributed by atoms with Crippen LogP contribution < -0.4 is 5.32 Å². The summed E-state index contributed by atoms with van der Waals surface area (Å²) in [4.78, 5) is 14.0. The van der Waals surface area contributed by atoms with Gasteiger partial charge in [-0.25, -0.2) is 0 Å². The minimum atomic E-state index is 0.120. The topological polar surface area (TPSA) is 32.3 Å². The number of ketones is 1. The van der Waals surface area contributed by atoms with Crippen molar-refractivity contribution in [3.05, 3.63) is 0 Å². The van der Waals surface area contributed by atoms with E-state index in [-0.39, 0.29) is 6.04 Å². The number of rotatable bonds is 5. The Balaban J connectivity index is 2.44. The number of Topliss-reactive ketones (excluding diaryl/α,β-unsaturated/α-hetero) is 1. The molecule has 3 heteroatoms. The first-order chi connectivity index (χ1) is 7.19. The lowest BCUT2D eigenvalue weighted by molar-refractivity contribution is -0.124. The smallest absolute Gasteiger partial charge is 0.149 e. The number of carbonyl (C=O) groups is 1. The van der Waals surface area contributed by atoms with E-state index in [0.717, 1.165) is 25.6 Å². The lowest BCUT2D eigenvalue weighted by Crippen LogP contribution is -2.46. The summed E-state index contributed by atoms with van der Waals surface area (Å²) in [5, 5.41) is 3.23. The van der Waals surface area contributed by atoms with Gasteiger partial charge in [0, 0.05) is 13.0 Å². The van der Waals surface area contributed by atoms with Crippen molar-refractivity contribution in [2.24, 2.45) is 5.92 Å². The monoisotopic (exact) mass is 212 g/mol. The molecule has 2 unspecified atom stereocenters. The van der Waals surface area contributed by atoms with Crippen LogP contribution in [0.25, 0.3) is 0 Å². The number of hydrogen-bond donors (Lipinski definition) is 1. The van der Waals surface area contributed by atoms with Crippen molar-refractivity contribution in [3.8, 4) is 0 Å². The summed E-state index contributed by atoms with van der Waals surface area (Å²) < 4.78 is 0. The third kappa shape index (κ3) is 3.58. The molecule has 0 aromatic heterocycles. The van der Waals surface area contributed by atoms with Gasteiger partial charge in [0.15, 0.2) is 0 Å². The van der Waals surface area contributed by atoms with Crippen LogP contribution >= 0.6 is 0 Å². The summed E-state index contributed by atoms with van der Waals surface area (Å²) in [6.07, 6.45) is 3.19. The molecular formula is C12H24N2O. The van der Waals surface area contributed by atoms with Gasteiger partial charge in [-0.05, 0) is 45.8 Å². The van der Waals surface area contributed by atoms with Gasteiger partial charge in [0.05, 0.1) is 6.04 Å². The average Bonchev–Trinajstić information content (AvgIpc) is 2.28. The van der Waals surface area contributed by atoms with Gasteiger partial charge in [0.1, 0.15) is 5.78 Å². The highest BCUT2D eigenvalue weighted by molar-refractivity contribution is 5.83. The zero-order valence-electron chi connectivity index (χ0n) is 10.3. The second-order valence-electron chi connectivity index (χ2n) is 4.56. The van der Waals surface area contributed by atoms with Crippen molar-refractivity contribution >= 4 is 5.78 Å². The Labute approximate surface area is 93.2 Å². The molecule has 1 saturated heterocycles. The van der Waals surface area contributed by atoms with E-state index in [9.17, 15) is 4.79 Å². The summed E-state index contributed by atoms with van der Waals surface area (Å²) in [5.41, 5.74) is 0. The SMILES string of the molecule is CCC(=O)C(C)N1CCCC(CNC)C1. The summed E-state index contributed by atoms with van der Waals surface area (Å²) in [7, 11) is 2.00. The lowest BCUT2D eigenvalue weighted by atomic mass is 9.96. The Bertz CT molecular complexity index is 204. The largest absolute Gasteiger partial charge is 0.319 e. The van der Waals surface area contributed by atoms with Gasteiger partial charge in [-0.1, -0.05) is 6.92 Å². The van der Waals surface area contributed by atoms with Crippen LogP contribution in [-0.2, 0) is 4.79 Å². The van der Waals surface area contributed by atoms with Crippen LogP contribution in [0.3, 0.4) is 0 Å². The van der Waals surface area contributed by atoms with Crippen LogP contribution in [0.2, 0.25) is 0 Å². The Morgan fingerprint density at radius 3 is 2.93 bits per heavy atom. The van der Waals surface area contributed by atoms with Crippen LogP contribution in [0.5, 0.6) is 0 Å². The van der Waals surface area contributed by atoms with E-state index in [1.165, 1.54) is 12.8 Å². The Morgan fingerprint density at radius 1 is 1.60 bits per heavy atom. The van der Waals surface area contributed by atoms with Gasteiger partial charge in [-0.3, -0.25) is 9.69 Å². The molecule has 0 aliphatic carbocycles. The highest BCUT2D eigenvalue weighted by atomic mass is 16.1. The number of likely N-dealkylation sites (tertiary alicyclic amines) is 1. The number of nitrogens with zero attached hydrogens (tertiary/aromatic N) is 1. The van der Waals surface area contributed by atoms with Crippen molar-refractivity contribution in [3.63, 3.8) is 0 Å². The van der Waals surface area contributed by atoms with Crippen LogP contribution in [0, 0.1) is 5.92 Å². The highest BCUT2D eigenvalue weighted by Gasteiger charge is 2.25. The first kappa shape index (κ1) is 12.7. The predicted octanol–water partition coefficient (Wildman–Crippen LogP) is 1.29. The number of piperidine rings is 1. The second-order valence-corrected chi connectivity index (χ2v) is 4.56. The maximum absolute atomic E-state index is 11.6. The molecule has 15 heavy (non-hydrogen) atoms. The average molecular weight is 212 g/mol. The normalized spacial score (nSPS) is 25.1. The minimum Gasteiger partial charge on any atom is -0.319 e. The Hall–Kier alpha value is -0.410. The van der Waals surface area contributed by atoms with Crippen LogP contribution in [-0.4, -0.2) is 43.4 Å². The first-order valence-corrected chi connectivity index (χ1v) is 6.10. The predicted molar refractivity (Wildman–Crippen MR) is 63.0 cm³/mol. The van der Waals surface area contributed by atoms with Gasteiger partial charge in [0.2, 0.25) is 0 Å². The minimum absolute atomic E-state index is 0.120. The molecule has 0 aromatic carbocycles. The molecule has 3 nitrogen and oxygen atoms in total. The molecule has 1 aliphatic heterocycles. The third-order valence-corrected chi connectivity index (χ3v) is 3.41. The quantitative estimate of drug-likeness (QED) is 0.745. The fourth-order valence-electron chi connectivity index (χ4n) is 2.40. The molecule has 0 amide bonds. The van der Waals surface area contributed by atoms with Crippen LogP contribution in [0.4, 0.5) is 0 Å². The lowest BCUT2D eigenvalue weighted by Gasteiger charge is -2.36. The molecule has 0 bridgehead atoms. The molecule has 1 heterocycles. The molecule has 0 spiro atoms. The van der Waals surface area contributed by atoms with E-state index in [1.807, 2.05) is 20.9 Å². The van der Waals surface area contributed by atoms with Crippen molar-refractivity contribution in [2.45, 2.75) is 39.2 Å². The molecule has 1 aliphatic rings. The molecule has 0 aromatic rings. The summed E-state index contributed by atoms with van der Waals surface area (Å²) in [6, 6.07) is 0.120. The molecule has 88 valence electrons. The molecular weight excluding hydrogens is 188 g/mol. The molecule has 1 N–H and O–H groups in total. The van der Waals surface area contributed by atoms with Crippen molar-refractivity contribution < 1.29 is 4.79 Å². The maximum atomic E-state index is 11.6. The van der Waals surface area contributed by atoms with Gasteiger partial charge in [0.25, 0.3) is 0 Å². The van der Waals surface area contributed by atoms with Crippen molar-refractivity contribution in [1.82, 2.24) is 10.2 Å². The standard InChI is InChI=1S/C12H24N2O/c1-4-12(15)10(2)14-7-5-6-11(9-14)8-13-3/h10-11,13H,4-9H2,1-3H3. The highest BCUT2D eigenvalue weighted by Crippen LogP contribution is 2.18. The van der Waals surface area contributed by atoms with Crippen molar-refractivity contribution in [1.29, 1.82) is 0 Å². The maximum Gasteiger partial charge on any atom is 0.149 e.